The van der Waals surface area contributed by atoms with Gasteiger partial charge >= 0.3 is 0 Å². The third-order valence-electron chi connectivity index (χ3n) is 4.48. The lowest BCUT2D eigenvalue weighted by atomic mass is 9.77. The largest absolute Gasteiger partial charge is 0.497 e. The Bertz CT molecular complexity index is 428. The molecule has 2 rings (SSSR count). The number of nitrogens with one attached hydrogen (secondary N) is 1. The molecule has 0 bridgehead atoms. The standard InChI is InChI=1S/C16H26N2O2/c1-11-4-6-12(7-5-11)16(18-17)14-10-13(19-2)8-9-15(14)20-3/h8-12,16,18H,4-7,17H2,1-3H3. The highest BCUT2D eigenvalue weighted by molar-refractivity contribution is 5.42. The first-order chi connectivity index (χ1) is 9.69. The second kappa shape index (κ2) is 6.95. The Labute approximate surface area is 121 Å². The summed E-state index contributed by atoms with van der Waals surface area (Å²) in [6.45, 7) is 2.33. The molecule has 0 aromatic heterocycles. The molecule has 4 heteroatoms. The molecule has 3 N–H and O–H groups in total. The minimum absolute atomic E-state index is 0.118. The number of hydrazine groups is 1. The molecule has 0 spiro atoms. The van der Waals surface area contributed by atoms with Gasteiger partial charge in [-0.1, -0.05) is 19.8 Å². The summed E-state index contributed by atoms with van der Waals surface area (Å²) in [6, 6.07) is 6.01. The van der Waals surface area contributed by atoms with Gasteiger partial charge in [0.25, 0.3) is 0 Å². The predicted octanol–water partition coefficient (Wildman–Crippen LogP) is 3.03. The van der Waals surface area contributed by atoms with E-state index in [1.807, 2.05) is 18.2 Å². The predicted molar refractivity (Wildman–Crippen MR) is 80.7 cm³/mol. The number of hydrogen-bond acceptors (Lipinski definition) is 4. The van der Waals surface area contributed by atoms with Crippen LogP contribution in [0.15, 0.2) is 18.2 Å². The lowest BCUT2D eigenvalue weighted by Gasteiger charge is -2.33. The van der Waals surface area contributed by atoms with Gasteiger partial charge in [0, 0.05) is 5.56 Å². The van der Waals surface area contributed by atoms with Gasteiger partial charge in [0.15, 0.2) is 0 Å². The van der Waals surface area contributed by atoms with Crippen molar-refractivity contribution in [1.82, 2.24) is 5.43 Å². The number of hydrogen-bond donors (Lipinski definition) is 2. The van der Waals surface area contributed by atoms with Crippen LogP contribution in [0.25, 0.3) is 0 Å². The Hall–Kier alpha value is -1.26. The zero-order chi connectivity index (χ0) is 14.5. The minimum Gasteiger partial charge on any atom is -0.497 e. The zero-order valence-corrected chi connectivity index (χ0v) is 12.7. The molecule has 1 saturated carbocycles. The summed E-state index contributed by atoms with van der Waals surface area (Å²) in [6.07, 6.45) is 4.96. The maximum Gasteiger partial charge on any atom is 0.123 e. The van der Waals surface area contributed by atoms with Gasteiger partial charge in [-0.15, -0.1) is 0 Å². The van der Waals surface area contributed by atoms with Crippen molar-refractivity contribution in [3.8, 4) is 11.5 Å². The molecule has 1 unspecified atom stereocenters. The molecule has 0 aliphatic heterocycles. The zero-order valence-electron chi connectivity index (χ0n) is 12.7. The van der Waals surface area contributed by atoms with Crippen LogP contribution in [-0.2, 0) is 0 Å². The molecule has 1 aliphatic rings. The number of rotatable bonds is 5. The molecular weight excluding hydrogens is 252 g/mol. The number of benzene rings is 1. The van der Waals surface area contributed by atoms with Crippen molar-refractivity contribution >= 4 is 0 Å². The van der Waals surface area contributed by atoms with Crippen LogP contribution in [0.3, 0.4) is 0 Å². The van der Waals surface area contributed by atoms with Gasteiger partial charge in [0.2, 0.25) is 0 Å². The molecule has 1 atom stereocenters. The smallest absolute Gasteiger partial charge is 0.123 e. The van der Waals surface area contributed by atoms with E-state index in [0.29, 0.717) is 5.92 Å². The fourth-order valence-electron chi connectivity index (χ4n) is 3.18. The number of methoxy groups -OCH3 is 2. The van der Waals surface area contributed by atoms with Crippen molar-refractivity contribution in [3.05, 3.63) is 23.8 Å². The average molecular weight is 278 g/mol. The van der Waals surface area contributed by atoms with Gasteiger partial charge in [0.05, 0.1) is 20.3 Å². The number of nitrogens with two attached hydrogens (primary N) is 1. The van der Waals surface area contributed by atoms with Crippen LogP contribution in [0.5, 0.6) is 11.5 Å². The Kier molecular flexibility index (Phi) is 5.26. The summed E-state index contributed by atoms with van der Waals surface area (Å²) in [5, 5.41) is 0. The Balaban J connectivity index is 2.25. The van der Waals surface area contributed by atoms with Crippen LogP contribution in [0, 0.1) is 11.8 Å². The molecule has 0 amide bonds. The van der Waals surface area contributed by atoms with E-state index in [0.717, 1.165) is 23.0 Å². The summed E-state index contributed by atoms with van der Waals surface area (Å²) >= 11 is 0. The molecule has 1 aromatic carbocycles. The fraction of sp³-hybridized carbons (Fsp3) is 0.625. The van der Waals surface area contributed by atoms with Crippen LogP contribution in [0.4, 0.5) is 0 Å². The summed E-state index contributed by atoms with van der Waals surface area (Å²) in [5.41, 5.74) is 4.08. The summed E-state index contributed by atoms with van der Waals surface area (Å²) in [7, 11) is 3.38. The van der Waals surface area contributed by atoms with Crippen molar-refractivity contribution in [1.29, 1.82) is 0 Å². The van der Waals surface area contributed by atoms with Gasteiger partial charge in [-0.3, -0.25) is 11.3 Å². The molecular formula is C16H26N2O2. The summed E-state index contributed by atoms with van der Waals surface area (Å²) in [4.78, 5) is 0. The maximum atomic E-state index is 5.84. The van der Waals surface area contributed by atoms with E-state index in [2.05, 4.69) is 12.3 Å². The van der Waals surface area contributed by atoms with E-state index in [4.69, 9.17) is 15.3 Å². The van der Waals surface area contributed by atoms with E-state index >= 15 is 0 Å². The second-order valence-corrected chi connectivity index (χ2v) is 5.77. The average Bonchev–Trinajstić information content (AvgIpc) is 2.49. The highest BCUT2D eigenvalue weighted by Gasteiger charge is 2.28. The van der Waals surface area contributed by atoms with E-state index in [1.165, 1.54) is 25.7 Å². The van der Waals surface area contributed by atoms with Crippen LogP contribution < -0.4 is 20.7 Å². The van der Waals surface area contributed by atoms with E-state index in [9.17, 15) is 0 Å². The normalized spacial score (nSPS) is 24.2. The molecule has 1 fully saturated rings. The first-order valence-corrected chi connectivity index (χ1v) is 7.37. The highest BCUT2D eigenvalue weighted by Crippen LogP contribution is 2.40. The minimum atomic E-state index is 0.118. The third-order valence-corrected chi connectivity index (χ3v) is 4.48. The van der Waals surface area contributed by atoms with Crippen LogP contribution in [-0.4, -0.2) is 14.2 Å². The molecule has 1 aliphatic carbocycles. The first kappa shape index (κ1) is 15.1. The topological polar surface area (TPSA) is 56.5 Å². The van der Waals surface area contributed by atoms with E-state index < -0.39 is 0 Å². The SMILES string of the molecule is COc1ccc(OC)c(C(NN)C2CCC(C)CC2)c1. The third kappa shape index (κ3) is 3.25. The monoisotopic (exact) mass is 278 g/mol. The fourth-order valence-corrected chi connectivity index (χ4v) is 3.18. The molecule has 20 heavy (non-hydrogen) atoms. The van der Waals surface area contributed by atoms with E-state index in [1.54, 1.807) is 14.2 Å². The van der Waals surface area contributed by atoms with Crippen LogP contribution in [0.1, 0.15) is 44.2 Å². The molecule has 0 heterocycles. The van der Waals surface area contributed by atoms with Crippen molar-refractivity contribution in [3.63, 3.8) is 0 Å². The van der Waals surface area contributed by atoms with Gasteiger partial charge in [-0.2, -0.15) is 0 Å². The lowest BCUT2D eigenvalue weighted by molar-refractivity contribution is 0.228. The van der Waals surface area contributed by atoms with Crippen molar-refractivity contribution < 1.29 is 9.47 Å². The Morgan fingerprint density at radius 2 is 1.85 bits per heavy atom. The van der Waals surface area contributed by atoms with Crippen molar-refractivity contribution in [2.24, 2.45) is 17.7 Å². The maximum absolute atomic E-state index is 5.84. The van der Waals surface area contributed by atoms with Gasteiger partial charge in [-0.05, 0) is 42.9 Å². The van der Waals surface area contributed by atoms with Crippen LogP contribution >= 0.6 is 0 Å². The van der Waals surface area contributed by atoms with Gasteiger partial charge in [-0.25, -0.2) is 0 Å². The van der Waals surface area contributed by atoms with E-state index in [-0.39, 0.29) is 6.04 Å². The Morgan fingerprint density at radius 1 is 1.15 bits per heavy atom. The van der Waals surface area contributed by atoms with Gasteiger partial charge in [0.1, 0.15) is 11.5 Å². The summed E-state index contributed by atoms with van der Waals surface area (Å²) < 4.78 is 10.8. The molecule has 4 nitrogen and oxygen atoms in total. The molecule has 0 radical (unpaired) electrons. The van der Waals surface area contributed by atoms with Crippen molar-refractivity contribution in [2.45, 2.75) is 38.6 Å². The highest BCUT2D eigenvalue weighted by atomic mass is 16.5. The molecule has 0 saturated heterocycles. The summed E-state index contributed by atoms with van der Waals surface area (Å²) in [5.74, 6) is 8.93. The quantitative estimate of drug-likeness (QED) is 0.642. The second-order valence-electron chi connectivity index (χ2n) is 5.77. The molecule has 112 valence electrons. The van der Waals surface area contributed by atoms with Crippen LogP contribution in [0.2, 0.25) is 0 Å². The Morgan fingerprint density at radius 3 is 2.40 bits per heavy atom. The number of ether oxygens (including phenoxy) is 2. The van der Waals surface area contributed by atoms with Gasteiger partial charge < -0.3 is 9.47 Å². The van der Waals surface area contributed by atoms with Crippen molar-refractivity contribution in [2.75, 3.05) is 14.2 Å². The first-order valence-electron chi connectivity index (χ1n) is 7.37. The lowest BCUT2D eigenvalue weighted by Crippen LogP contribution is -2.35. The molecule has 1 aromatic rings.